The molecule has 0 aromatic heterocycles. The van der Waals surface area contributed by atoms with Crippen molar-refractivity contribution in [1.29, 1.82) is 0 Å². The molecule has 29 heavy (non-hydrogen) atoms. The molecule has 0 spiro atoms. The van der Waals surface area contributed by atoms with Gasteiger partial charge in [-0.1, -0.05) is 74.0 Å². The van der Waals surface area contributed by atoms with Crippen molar-refractivity contribution in [2.75, 3.05) is 0 Å². The van der Waals surface area contributed by atoms with Crippen molar-refractivity contribution >= 4 is 10.8 Å². The van der Waals surface area contributed by atoms with E-state index in [1.165, 1.54) is 43.2 Å². The Bertz CT molecular complexity index is 975. The molecule has 1 heteroatoms. The summed E-state index contributed by atoms with van der Waals surface area (Å²) >= 11 is 0. The number of aryl methyl sites for hydroxylation is 1. The molecule has 0 aliphatic heterocycles. The Hall–Kier alpha value is -2.41. The van der Waals surface area contributed by atoms with Crippen molar-refractivity contribution in [2.45, 2.75) is 57.8 Å². The minimum absolute atomic E-state index is 0.109. The van der Waals surface area contributed by atoms with E-state index in [1.54, 1.807) is 0 Å². The second kappa shape index (κ2) is 8.95. The molecule has 3 aromatic carbocycles. The largest absolute Gasteiger partial charge is 0.206 e. The van der Waals surface area contributed by atoms with Crippen LogP contribution in [-0.2, 0) is 6.42 Å². The molecule has 4 rings (SSSR count). The second-order valence-corrected chi connectivity index (χ2v) is 8.56. The molecule has 0 amide bonds. The monoisotopic (exact) mass is 386 g/mol. The van der Waals surface area contributed by atoms with Crippen molar-refractivity contribution in [2.24, 2.45) is 5.92 Å². The van der Waals surface area contributed by atoms with Gasteiger partial charge in [0.2, 0.25) is 0 Å². The molecule has 0 unspecified atom stereocenters. The molecule has 0 N–H and O–H groups in total. The fourth-order valence-corrected chi connectivity index (χ4v) is 4.81. The lowest BCUT2D eigenvalue weighted by atomic mass is 9.77. The first kappa shape index (κ1) is 19.9. The fourth-order valence-electron chi connectivity index (χ4n) is 4.81. The van der Waals surface area contributed by atoms with Gasteiger partial charge in [0.15, 0.2) is 0 Å². The smallest absolute Gasteiger partial charge is 0.138 e. The highest BCUT2D eigenvalue weighted by Crippen LogP contribution is 2.38. The Morgan fingerprint density at radius 2 is 1.72 bits per heavy atom. The van der Waals surface area contributed by atoms with Crippen molar-refractivity contribution < 1.29 is 4.39 Å². The highest BCUT2D eigenvalue weighted by Gasteiger charge is 2.21. The predicted molar refractivity (Wildman–Crippen MR) is 123 cm³/mol. The zero-order valence-corrected chi connectivity index (χ0v) is 17.5. The van der Waals surface area contributed by atoms with E-state index in [4.69, 9.17) is 0 Å². The first-order valence-electron chi connectivity index (χ1n) is 11.1. The average molecular weight is 387 g/mol. The normalized spacial score (nSPS) is 19.4. The van der Waals surface area contributed by atoms with Gasteiger partial charge in [-0.2, -0.15) is 0 Å². The van der Waals surface area contributed by atoms with Crippen LogP contribution >= 0.6 is 0 Å². The van der Waals surface area contributed by atoms with Crippen LogP contribution in [0.25, 0.3) is 21.9 Å². The lowest BCUT2D eigenvalue weighted by Crippen LogP contribution is -2.12. The van der Waals surface area contributed by atoms with E-state index >= 15 is 4.39 Å². The van der Waals surface area contributed by atoms with Crippen LogP contribution in [0.2, 0.25) is 0 Å². The van der Waals surface area contributed by atoms with Gasteiger partial charge in [-0.15, -0.1) is 6.58 Å². The number of allylic oxidation sites excluding steroid dienone is 1. The molecule has 1 saturated carbocycles. The molecule has 3 aromatic rings. The van der Waals surface area contributed by atoms with Crippen LogP contribution in [0.1, 0.15) is 62.5 Å². The molecule has 0 atom stereocenters. The number of rotatable bonds is 6. The zero-order valence-electron chi connectivity index (χ0n) is 17.5. The molecule has 150 valence electrons. The highest BCUT2D eigenvalue weighted by molar-refractivity contribution is 5.89. The van der Waals surface area contributed by atoms with Crippen LogP contribution in [0.15, 0.2) is 67.3 Å². The van der Waals surface area contributed by atoms with Gasteiger partial charge in [-0.25, -0.2) is 4.39 Å². The van der Waals surface area contributed by atoms with Crippen LogP contribution in [0.3, 0.4) is 0 Å². The summed E-state index contributed by atoms with van der Waals surface area (Å²) in [7, 11) is 0. The molecule has 1 aliphatic carbocycles. The Balaban J connectivity index is 1.58. The van der Waals surface area contributed by atoms with Gasteiger partial charge in [0, 0.05) is 10.9 Å². The van der Waals surface area contributed by atoms with Crippen molar-refractivity contribution in [3.63, 3.8) is 0 Å². The highest BCUT2D eigenvalue weighted by atomic mass is 19.1. The molecular weight excluding hydrogens is 355 g/mol. The van der Waals surface area contributed by atoms with Gasteiger partial charge in [-0.05, 0) is 72.4 Å². The summed E-state index contributed by atoms with van der Waals surface area (Å²) in [6, 6.07) is 18.6. The van der Waals surface area contributed by atoms with E-state index in [0.29, 0.717) is 11.5 Å². The first-order valence-corrected chi connectivity index (χ1v) is 11.1. The van der Waals surface area contributed by atoms with E-state index in [1.807, 2.05) is 30.3 Å². The number of fused-ring (bicyclic) bond motifs is 1. The quantitative estimate of drug-likeness (QED) is 0.373. The average Bonchev–Trinajstić information content (AvgIpc) is 2.78. The van der Waals surface area contributed by atoms with E-state index in [0.717, 1.165) is 35.1 Å². The lowest BCUT2D eigenvalue weighted by molar-refractivity contribution is 0.319. The third-order valence-electron chi connectivity index (χ3n) is 6.78. The van der Waals surface area contributed by atoms with E-state index in [2.05, 4.69) is 43.8 Å². The van der Waals surface area contributed by atoms with Crippen LogP contribution in [0.4, 0.5) is 4.39 Å². The Morgan fingerprint density at radius 3 is 2.41 bits per heavy atom. The van der Waals surface area contributed by atoms with Crippen molar-refractivity contribution in [3.05, 3.63) is 84.2 Å². The molecule has 1 fully saturated rings. The minimum Gasteiger partial charge on any atom is -0.206 e. The van der Waals surface area contributed by atoms with Crippen molar-refractivity contribution in [3.8, 4) is 11.1 Å². The summed E-state index contributed by atoms with van der Waals surface area (Å²) in [5, 5.41) is 1.74. The predicted octanol–water partition coefficient (Wildman–Crippen LogP) is 8.45. The molecule has 0 heterocycles. The summed E-state index contributed by atoms with van der Waals surface area (Å²) < 4.78 is 15.3. The van der Waals surface area contributed by atoms with Crippen LogP contribution in [-0.4, -0.2) is 0 Å². The number of halogens is 1. The molecule has 0 nitrogen and oxygen atoms in total. The standard InChI is InChI=1S/C28H31F/c1-3-5-6-21-9-13-23(14-10-21)26-18-16-25-19-24(15-17-27(25)28(26)29)22-11-7-20(4-2)8-12-22/h3,9-10,13-20,22H,1,4-8,11-12H2,2H3. The summed E-state index contributed by atoms with van der Waals surface area (Å²) in [6.07, 6.45) is 10.4. The van der Waals surface area contributed by atoms with Gasteiger partial charge in [-0.3, -0.25) is 0 Å². The molecular formula is C28H31F. The number of hydrogen-bond acceptors (Lipinski definition) is 0. The SMILES string of the molecule is C=CCCc1ccc(-c2ccc3cc(C4CCC(CC)CC4)ccc3c2F)cc1. The Labute approximate surface area is 174 Å². The molecule has 0 radical (unpaired) electrons. The van der Waals surface area contributed by atoms with Gasteiger partial charge in [0.1, 0.15) is 5.82 Å². The topological polar surface area (TPSA) is 0 Å². The maximum absolute atomic E-state index is 15.3. The van der Waals surface area contributed by atoms with Crippen LogP contribution < -0.4 is 0 Å². The fraction of sp³-hybridized carbons (Fsp3) is 0.357. The van der Waals surface area contributed by atoms with E-state index < -0.39 is 0 Å². The minimum atomic E-state index is -0.109. The maximum atomic E-state index is 15.3. The third-order valence-corrected chi connectivity index (χ3v) is 6.78. The first-order chi connectivity index (χ1) is 14.2. The summed E-state index contributed by atoms with van der Waals surface area (Å²) in [6.45, 7) is 6.08. The van der Waals surface area contributed by atoms with Gasteiger partial charge in [0.25, 0.3) is 0 Å². The van der Waals surface area contributed by atoms with Crippen LogP contribution in [0, 0.1) is 11.7 Å². The van der Waals surface area contributed by atoms with Gasteiger partial charge >= 0.3 is 0 Å². The second-order valence-electron chi connectivity index (χ2n) is 8.56. The molecule has 0 bridgehead atoms. The summed E-state index contributed by atoms with van der Waals surface area (Å²) in [4.78, 5) is 0. The maximum Gasteiger partial charge on any atom is 0.138 e. The molecule has 0 saturated heterocycles. The van der Waals surface area contributed by atoms with Crippen molar-refractivity contribution in [1.82, 2.24) is 0 Å². The van der Waals surface area contributed by atoms with Gasteiger partial charge in [0.05, 0.1) is 0 Å². The third kappa shape index (κ3) is 4.29. The van der Waals surface area contributed by atoms with E-state index in [9.17, 15) is 0 Å². The lowest BCUT2D eigenvalue weighted by Gasteiger charge is -2.28. The number of benzene rings is 3. The Kier molecular flexibility index (Phi) is 6.13. The number of hydrogen-bond donors (Lipinski definition) is 0. The Morgan fingerprint density at radius 1 is 0.966 bits per heavy atom. The van der Waals surface area contributed by atoms with Crippen LogP contribution in [0.5, 0.6) is 0 Å². The molecule has 1 aliphatic rings. The van der Waals surface area contributed by atoms with E-state index in [-0.39, 0.29) is 5.82 Å². The van der Waals surface area contributed by atoms with Gasteiger partial charge < -0.3 is 0 Å². The zero-order chi connectivity index (χ0) is 20.2. The summed E-state index contributed by atoms with van der Waals surface area (Å²) in [5.41, 5.74) is 4.26. The summed E-state index contributed by atoms with van der Waals surface area (Å²) in [5.74, 6) is 1.42.